The number of rotatable bonds is 6. The molecule has 206 valence electrons. The van der Waals surface area contributed by atoms with Crippen LogP contribution in [0.3, 0.4) is 0 Å². The van der Waals surface area contributed by atoms with Gasteiger partial charge in [0, 0.05) is 51.9 Å². The molecule has 2 amide bonds. The summed E-state index contributed by atoms with van der Waals surface area (Å²) in [6, 6.07) is 5.13. The first-order valence-corrected chi connectivity index (χ1v) is 12.5. The van der Waals surface area contributed by atoms with Gasteiger partial charge in [0.2, 0.25) is 5.91 Å². The monoisotopic (exact) mass is 536 g/mol. The highest BCUT2D eigenvalue weighted by molar-refractivity contribution is 5.88. The van der Waals surface area contributed by atoms with Gasteiger partial charge in [-0.1, -0.05) is 6.07 Å². The molecule has 1 aromatic carbocycles. The van der Waals surface area contributed by atoms with E-state index in [0.29, 0.717) is 64.2 Å². The minimum absolute atomic E-state index is 0.0712. The van der Waals surface area contributed by atoms with Gasteiger partial charge in [-0.2, -0.15) is 17.9 Å². The lowest BCUT2D eigenvalue weighted by Gasteiger charge is -2.36. The Kier molecular flexibility index (Phi) is 8.36. The van der Waals surface area contributed by atoms with Crippen molar-refractivity contribution in [2.75, 3.05) is 51.1 Å². The molecule has 3 heterocycles. The molecule has 10 nitrogen and oxygen atoms in total. The van der Waals surface area contributed by atoms with Crippen LogP contribution in [0.1, 0.15) is 42.4 Å². The predicted molar refractivity (Wildman–Crippen MR) is 132 cm³/mol. The Morgan fingerprint density at radius 1 is 1.03 bits per heavy atom. The smallest absolute Gasteiger partial charge is 0.416 e. The van der Waals surface area contributed by atoms with Crippen molar-refractivity contribution in [3.63, 3.8) is 0 Å². The Morgan fingerprint density at radius 2 is 1.71 bits per heavy atom. The number of hydrogen-bond donors (Lipinski definition) is 2. The highest BCUT2D eigenvalue weighted by Gasteiger charge is 2.33. The third-order valence-corrected chi connectivity index (χ3v) is 6.99. The number of hydrogen-bond acceptors (Lipinski definition) is 6. The first-order valence-electron chi connectivity index (χ1n) is 12.5. The molecule has 1 aromatic heterocycles. The molecule has 38 heavy (non-hydrogen) atoms. The molecule has 2 N–H and O–H groups in total. The second-order valence-corrected chi connectivity index (χ2v) is 9.73. The largest absolute Gasteiger partial charge is 0.480 e. The van der Waals surface area contributed by atoms with Crippen LogP contribution >= 0.6 is 0 Å². The highest BCUT2D eigenvalue weighted by Crippen LogP contribution is 2.36. The molecule has 0 atom stereocenters. The van der Waals surface area contributed by atoms with Gasteiger partial charge in [-0.05, 0) is 55.1 Å². The van der Waals surface area contributed by atoms with Gasteiger partial charge in [0.15, 0.2) is 5.82 Å². The van der Waals surface area contributed by atoms with E-state index in [1.54, 1.807) is 15.9 Å². The van der Waals surface area contributed by atoms with Crippen molar-refractivity contribution in [3.05, 3.63) is 47.2 Å². The first-order chi connectivity index (χ1) is 18.0. The minimum Gasteiger partial charge on any atom is -0.480 e. The maximum Gasteiger partial charge on any atom is 0.416 e. The first kappa shape index (κ1) is 27.6. The molecule has 2 fully saturated rings. The molecule has 2 aromatic rings. The van der Waals surface area contributed by atoms with Gasteiger partial charge in [0.05, 0.1) is 12.1 Å². The number of carbonyl (C=O) groups excluding carboxylic acids is 2. The summed E-state index contributed by atoms with van der Waals surface area (Å²) in [4.78, 5) is 40.6. The summed E-state index contributed by atoms with van der Waals surface area (Å²) in [5, 5.41) is 15.6. The molecule has 2 saturated heterocycles. The Morgan fingerprint density at radius 3 is 2.32 bits per heavy atom. The lowest BCUT2D eigenvalue weighted by molar-refractivity contribution is -0.139. The Bertz CT molecular complexity index is 1170. The van der Waals surface area contributed by atoms with E-state index in [1.165, 1.54) is 29.9 Å². The van der Waals surface area contributed by atoms with Crippen molar-refractivity contribution in [1.29, 1.82) is 0 Å². The van der Waals surface area contributed by atoms with Gasteiger partial charge in [-0.3, -0.25) is 19.4 Å². The van der Waals surface area contributed by atoms with Crippen LogP contribution in [0, 0.1) is 0 Å². The number of benzene rings is 1. The number of halogens is 3. The van der Waals surface area contributed by atoms with Crippen LogP contribution in [0.2, 0.25) is 0 Å². The van der Waals surface area contributed by atoms with Crippen LogP contribution in [0.15, 0.2) is 30.5 Å². The molecule has 2 aliphatic rings. The van der Waals surface area contributed by atoms with Gasteiger partial charge < -0.3 is 15.3 Å². The highest BCUT2D eigenvalue weighted by atomic mass is 19.4. The number of piperidine rings is 1. The molecule has 0 aliphatic carbocycles. The number of anilines is 1. The average Bonchev–Trinajstić information content (AvgIpc) is 3.31. The zero-order valence-electron chi connectivity index (χ0n) is 21.1. The van der Waals surface area contributed by atoms with Gasteiger partial charge in [0.25, 0.3) is 0 Å². The number of likely N-dealkylation sites (tertiary alicyclic amines) is 1. The van der Waals surface area contributed by atoms with Crippen LogP contribution in [-0.2, 0) is 22.3 Å². The molecule has 0 unspecified atom stereocenters. The summed E-state index contributed by atoms with van der Waals surface area (Å²) in [5.74, 6) is -1.00. The number of carbonyl (C=O) groups is 3. The third kappa shape index (κ3) is 6.90. The molecular formula is C25H31F3N6O4. The van der Waals surface area contributed by atoms with Crippen molar-refractivity contribution in [2.24, 2.45) is 0 Å². The lowest BCUT2D eigenvalue weighted by Crippen LogP contribution is -2.49. The van der Waals surface area contributed by atoms with Crippen molar-refractivity contribution < 1.29 is 32.7 Å². The Balaban J connectivity index is 1.41. The zero-order valence-corrected chi connectivity index (χ0v) is 21.1. The van der Waals surface area contributed by atoms with E-state index in [4.69, 9.17) is 5.11 Å². The van der Waals surface area contributed by atoms with Gasteiger partial charge in [-0.25, -0.2) is 4.79 Å². The van der Waals surface area contributed by atoms with Crippen LogP contribution < -0.4 is 5.32 Å². The second kappa shape index (κ2) is 11.5. The van der Waals surface area contributed by atoms with Crippen molar-refractivity contribution >= 4 is 23.7 Å². The lowest BCUT2D eigenvalue weighted by atomic mass is 9.85. The molecule has 4 rings (SSSR count). The van der Waals surface area contributed by atoms with Crippen LogP contribution in [0.25, 0.3) is 0 Å². The number of alkyl halides is 3. The number of aromatic nitrogens is 2. The maximum absolute atomic E-state index is 13.5. The van der Waals surface area contributed by atoms with E-state index in [2.05, 4.69) is 15.3 Å². The van der Waals surface area contributed by atoms with E-state index in [9.17, 15) is 27.6 Å². The van der Waals surface area contributed by atoms with Crippen LogP contribution in [0.4, 0.5) is 23.8 Å². The van der Waals surface area contributed by atoms with E-state index in [0.717, 1.165) is 11.6 Å². The van der Waals surface area contributed by atoms with E-state index in [1.807, 2.05) is 0 Å². The van der Waals surface area contributed by atoms with E-state index < -0.39 is 17.7 Å². The fraction of sp³-hybridized carbons (Fsp3) is 0.520. The zero-order chi connectivity index (χ0) is 27.4. The summed E-state index contributed by atoms with van der Waals surface area (Å²) in [6.45, 7) is 4.72. The number of aliphatic carboxylic acids is 1. The summed E-state index contributed by atoms with van der Waals surface area (Å²) in [6.07, 6.45) is -1.78. The standard InChI is InChI=1S/C25H31F3N6O4/c1-17(35)29-22-6-9-34(30-22)24(38)33-12-10-32(11-13-33)15-19-2-3-20(25(26,27)28)14-21(19)18-4-7-31(8-5-18)16-23(36)37/h2-3,6,9,14,18H,4-5,7-8,10-13,15-16H2,1H3,(H,36,37)(H,29,30,35). The average molecular weight is 537 g/mol. The van der Waals surface area contributed by atoms with E-state index >= 15 is 0 Å². The predicted octanol–water partition coefficient (Wildman–Crippen LogP) is 2.91. The van der Waals surface area contributed by atoms with Crippen LogP contribution in [0.5, 0.6) is 0 Å². The SMILES string of the molecule is CC(=O)Nc1ccn(C(=O)N2CCN(Cc3ccc(C(F)(F)F)cc3C3CCN(CC(=O)O)CC3)CC2)n1. The summed E-state index contributed by atoms with van der Waals surface area (Å²) in [7, 11) is 0. The number of amides is 2. The quantitative estimate of drug-likeness (QED) is 0.584. The third-order valence-electron chi connectivity index (χ3n) is 6.99. The van der Waals surface area contributed by atoms with Gasteiger partial charge >= 0.3 is 18.2 Å². The fourth-order valence-corrected chi connectivity index (χ4v) is 5.05. The number of carboxylic acid groups (broad SMARTS) is 1. The Hall–Kier alpha value is -3.45. The Labute approximate surface area is 218 Å². The molecule has 0 saturated carbocycles. The summed E-state index contributed by atoms with van der Waals surface area (Å²) >= 11 is 0. The van der Waals surface area contributed by atoms with Crippen LogP contribution in [-0.4, -0.2) is 93.3 Å². The minimum atomic E-state index is -4.45. The summed E-state index contributed by atoms with van der Waals surface area (Å²) < 4.78 is 41.7. The number of nitrogens with one attached hydrogen (secondary N) is 1. The number of piperazine rings is 1. The summed E-state index contributed by atoms with van der Waals surface area (Å²) in [5.41, 5.74) is 0.800. The van der Waals surface area contributed by atoms with Crippen molar-refractivity contribution in [3.8, 4) is 0 Å². The molecule has 0 radical (unpaired) electrons. The maximum atomic E-state index is 13.5. The number of carboxylic acids is 1. The normalized spacial score (nSPS) is 17.9. The fourth-order valence-electron chi connectivity index (χ4n) is 5.05. The molecule has 2 aliphatic heterocycles. The molecule has 0 spiro atoms. The van der Waals surface area contributed by atoms with Crippen molar-refractivity contribution in [2.45, 2.75) is 38.4 Å². The second-order valence-electron chi connectivity index (χ2n) is 9.73. The van der Waals surface area contributed by atoms with Gasteiger partial charge in [-0.15, -0.1) is 5.10 Å². The molecular weight excluding hydrogens is 505 g/mol. The van der Waals surface area contributed by atoms with Crippen molar-refractivity contribution in [1.82, 2.24) is 24.5 Å². The van der Waals surface area contributed by atoms with Gasteiger partial charge in [0.1, 0.15) is 0 Å². The van der Waals surface area contributed by atoms with E-state index in [-0.39, 0.29) is 30.2 Å². The molecule has 13 heteroatoms. The topological polar surface area (TPSA) is 111 Å². The molecule has 0 bridgehead atoms. The number of nitrogens with zero attached hydrogens (tertiary/aromatic N) is 5.